The zero-order valence-corrected chi connectivity index (χ0v) is 9.83. The Labute approximate surface area is 89.2 Å². The fourth-order valence-electron chi connectivity index (χ4n) is 1.12. The molecule has 6 heteroatoms. The van der Waals surface area contributed by atoms with Crippen molar-refractivity contribution in [1.29, 1.82) is 0 Å². The molecule has 0 bridgehead atoms. The quantitative estimate of drug-likeness (QED) is 0.709. The molecule has 2 N–H and O–H groups in total. The third kappa shape index (κ3) is 4.62. The van der Waals surface area contributed by atoms with E-state index in [-0.39, 0.29) is 11.6 Å². The van der Waals surface area contributed by atoms with Crippen molar-refractivity contribution in [3.8, 4) is 0 Å². The highest BCUT2D eigenvalue weighted by Crippen LogP contribution is 2.51. The molecule has 1 aromatic heterocycles. The summed E-state index contributed by atoms with van der Waals surface area (Å²) in [5, 5.41) is 0. The normalized spacial score (nSPS) is 11.1. The second-order valence-electron chi connectivity index (χ2n) is 2.68. The van der Waals surface area contributed by atoms with Gasteiger partial charge >= 0.3 is 7.60 Å². The van der Waals surface area contributed by atoms with E-state index in [2.05, 4.69) is 0 Å². The molecule has 0 atom stereocenters. The smallest absolute Gasteiger partial charge is 0.338 e. The van der Waals surface area contributed by atoms with Crippen LogP contribution in [0, 0.1) is 0 Å². The van der Waals surface area contributed by atoms with Gasteiger partial charge in [0.25, 0.3) is 0 Å². The van der Waals surface area contributed by atoms with Gasteiger partial charge in [-0.2, -0.15) is 0 Å². The van der Waals surface area contributed by atoms with Crippen LogP contribution in [0.4, 0.5) is 0 Å². The van der Waals surface area contributed by atoms with E-state index in [4.69, 9.17) is 13.5 Å². The molecule has 0 aliphatic rings. The molecule has 0 aromatic carbocycles. The standard InChI is InChI=1S/C9H15O4P.H2O/c1-3-12-14(10,13-4-2)8-9-6-5-7-11-9;/h5-7H,3-4,8H2,1-2H3;1H2. The van der Waals surface area contributed by atoms with Crippen molar-refractivity contribution < 1.29 is 23.5 Å². The fourth-order valence-corrected chi connectivity index (χ4v) is 2.72. The van der Waals surface area contributed by atoms with Gasteiger partial charge in [0, 0.05) is 0 Å². The molecule has 0 aliphatic carbocycles. The molecule has 15 heavy (non-hydrogen) atoms. The minimum Gasteiger partial charge on any atom is -0.469 e. The van der Waals surface area contributed by atoms with Gasteiger partial charge in [0.2, 0.25) is 0 Å². The summed E-state index contributed by atoms with van der Waals surface area (Å²) in [5.74, 6) is 0.621. The first kappa shape index (κ1) is 14.4. The van der Waals surface area contributed by atoms with E-state index in [9.17, 15) is 4.57 Å². The highest BCUT2D eigenvalue weighted by molar-refractivity contribution is 7.53. The van der Waals surface area contributed by atoms with Crippen LogP contribution in [0.25, 0.3) is 0 Å². The molecular formula is C9H17O5P. The van der Waals surface area contributed by atoms with Gasteiger partial charge in [-0.15, -0.1) is 0 Å². The van der Waals surface area contributed by atoms with E-state index in [0.29, 0.717) is 19.0 Å². The first-order valence-electron chi connectivity index (χ1n) is 4.60. The highest BCUT2D eigenvalue weighted by atomic mass is 31.2. The van der Waals surface area contributed by atoms with E-state index >= 15 is 0 Å². The minimum absolute atomic E-state index is 0. The predicted molar refractivity (Wildman–Crippen MR) is 56.9 cm³/mol. The van der Waals surface area contributed by atoms with Crippen LogP contribution in [0.15, 0.2) is 22.8 Å². The second kappa shape index (κ2) is 6.80. The Kier molecular flexibility index (Phi) is 6.52. The van der Waals surface area contributed by atoms with Crippen molar-refractivity contribution in [2.75, 3.05) is 13.2 Å². The largest absolute Gasteiger partial charge is 0.469 e. The molecule has 0 amide bonds. The monoisotopic (exact) mass is 236 g/mol. The van der Waals surface area contributed by atoms with Gasteiger partial charge in [-0.25, -0.2) is 0 Å². The Morgan fingerprint density at radius 2 is 1.93 bits per heavy atom. The van der Waals surface area contributed by atoms with Crippen molar-refractivity contribution in [2.45, 2.75) is 20.0 Å². The maximum atomic E-state index is 12.0. The number of hydrogen-bond acceptors (Lipinski definition) is 4. The van der Waals surface area contributed by atoms with Crippen LogP contribution < -0.4 is 0 Å². The Balaban J connectivity index is 0.00000196. The summed E-state index contributed by atoms with van der Waals surface area (Å²) in [4.78, 5) is 0. The molecule has 0 spiro atoms. The van der Waals surface area contributed by atoms with Gasteiger partial charge in [-0.3, -0.25) is 4.57 Å². The Morgan fingerprint density at radius 3 is 2.33 bits per heavy atom. The topological polar surface area (TPSA) is 80.2 Å². The van der Waals surface area contributed by atoms with Crippen molar-refractivity contribution in [1.82, 2.24) is 0 Å². The molecule has 5 nitrogen and oxygen atoms in total. The first-order valence-corrected chi connectivity index (χ1v) is 6.33. The lowest BCUT2D eigenvalue weighted by Crippen LogP contribution is -1.98. The van der Waals surface area contributed by atoms with Crippen molar-refractivity contribution >= 4 is 7.60 Å². The molecule has 1 heterocycles. The Hall–Kier alpha value is -0.610. The number of furan rings is 1. The maximum absolute atomic E-state index is 12.0. The summed E-state index contributed by atoms with van der Waals surface area (Å²) < 4.78 is 27.3. The molecule has 0 saturated heterocycles. The van der Waals surface area contributed by atoms with E-state index < -0.39 is 7.60 Å². The first-order chi connectivity index (χ1) is 6.70. The summed E-state index contributed by atoms with van der Waals surface area (Å²) >= 11 is 0. The van der Waals surface area contributed by atoms with Gasteiger partial charge in [0.15, 0.2) is 0 Å². The summed E-state index contributed by atoms with van der Waals surface area (Å²) in [6.07, 6.45) is 1.74. The van der Waals surface area contributed by atoms with Gasteiger partial charge in [-0.1, -0.05) is 0 Å². The SMILES string of the molecule is CCOP(=O)(Cc1ccco1)OCC.O. The number of rotatable bonds is 6. The van der Waals surface area contributed by atoms with Crippen LogP contribution in [-0.2, 0) is 19.8 Å². The van der Waals surface area contributed by atoms with Gasteiger partial charge in [0.05, 0.1) is 19.5 Å². The lowest BCUT2D eigenvalue weighted by molar-refractivity contribution is 0.217. The lowest BCUT2D eigenvalue weighted by atomic mass is 10.5. The van der Waals surface area contributed by atoms with Crippen molar-refractivity contribution in [3.05, 3.63) is 24.2 Å². The average molecular weight is 236 g/mol. The maximum Gasteiger partial charge on any atom is 0.338 e. The Bertz CT molecular complexity index is 285. The fraction of sp³-hybridized carbons (Fsp3) is 0.556. The molecule has 0 fully saturated rings. The average Bonchev–Trinajstić information content (AvgIpc) is 2.57. The third-order valence-electron chi connectivity index (χ3n) is 1.58. The number of hydrogen-bond donors (Lipinski definition) is 0. The van der Waals surface area contributed by atoms with Crippen molar-refractivity contribution in [2.24, 2.45) is 0 Å². The third-order valence-corrected chi connectivity index (χ3v) is 3.58. The van der Waals surface area contributed by atoms with Crippen molar-refractivity contribution in [3.63, 3.8) is 0 Å². The van der Waals surface area contributed by atoms with E-state index in [1.165, 1.54) is 6.26 Å². The van der Waals surface area contributed by atoms with E-state index in [1.54, 1.807) is 26.0 Å². The predicted octanol–water partition coefficient (Wildman–Crippen LogP) is 2.22. The highest BCUT2D eigenvalue weighted by Gasteiger charge is 2.25. The summed E-state index contributed by atoms with van der Waals surface area (Å²) in [6, 6.07) is 3.50. The molecule has 0 radical (unpaired) electrons. The zero-order chi connectivity index (χ0) is 10.4. The van der Waals surface area contributed by atoms with Crippen LogP contribution in [0.5, 0.6) is 0 Å². The zero-order valence-electron chi connectivity index (χ0n) is 8.93. The molecule has 1 rings (SSSR count). The molecule has 0 aliphatic heterocycles. The second-order valence-corrected chi connectivity index (χ2v) is 4.74. The molecule has 1 aromatic rings. The lowest BCUT2D eigenvalue weighted by Gasteiger charge is -2.15. The molecule has 0 unspecified atom stereocenters. The van der Waals surface area contributed by atoms with Crippen LogP contribution in [0.1, 0.15) is 19.6 Å². The van der Waals surface area contributed by atoms with Crippen LogP contribution in [0.3, 0.4) is 0 Å². The molecule has 88 valence electrons. The van der Waals surface area contributed by atoms with Gasteiger partial charge in [0.1, 0.15) is 11.9 Å². The van der Waals surface area contributed by atoms with Crippen LogP contribution >= 0.6 is 7.60 Å². The van der Waals surface area contributed by atoms with Gasteiger partial charge in [-0.05, 0) is 26.0 Å². The van der Waals surface area contributed by atoms with E-state index in [1.807, 2.05) is 0 Å². The van der Waals surface area contributed by atoms with Crippen LogP contribution in [-0.4, -0.2) is 18.7 Å². The van der Waals surface area contributed by atoms with Crippen LogP contribution in [0.2, 0.25) is 0 Å². The van der Waals surface area contributed by atoms with E-state index in [0.717, 1.165) is 0 Å². The molecular weight excluding hydrogens is 219 g/mol. The summed E-state index contributed by atoms with van der Waals surface area (Å²) in [5.41, 5.74) is 0. The Morgan fingerprint density at radius 1 is 1.33 bits per heavy atom. The minimum atomic E-state index is -3.00. The van der Waals surface area contributed by atoms with Gasteiger partial charge < -0.3 is 18.9 Å². The molecule has 0 saturated carbocycles. The summed E-state index contributed by atoms with van der Waals surface area (Å²) in [6.45, 7) is 4.32. The summed E-state index contributed by atoms with van der Waals surface area (Å²) in [7, 11) is -3.00.